The second-order valence-corrected chi connectivity index (χ2v) is 9.73. The molecule has 0 radical (unpaired) electrons. The number of imide groups is 1. The van der Waals surface area contributed by atoms with E-state index in [1.807, 2.05) is 0 Å². The average Bonchev–Trinajstić information content (AvgIpc) is 3.45. The molecule has 0 bridgehead atoms. The van der Waals surface area contributed by atoms with Crippen molar-refractivity contribution in [2.24, 2.45) is 11.8 Å². The molecule has 2 heterocycles. The SMILES string of the molecule is COc1ccc(Cl)cc1[C@@H]1OC2(C(=O)c3ccccc3C2=O)[C@H]2C(=O)N(c3ccc(Cl)cc3)C(=O)[C@H]12. The quantitative estimate of drug-likeness (QED) is 0.366. The maximum Gasteiger partial charge on any atom is 0.241 e. The fourth-order valence-corrected chi connectivity index (χ4v) is 5.88. The summed E-state index contributed by atoms with van der Waals surface area (Å²) in [6.45, 7) is 0. The van der Waals surface area contributed by atoms with E-state index in [0.29, 0.717) is 21.4 Å². The molecular formula is C27H17Cl2NO6. The van der Waals surface area contributed by atoms with E-state index in [1.54, 1.807) is 42.5 Å². The van der Waals surface area contributed by atoms with E-state index >= 15 is 0 Å². The number of hydrogen-bond acceptors (Lipinski definition) is 6. The van der Waals surface area contributed by atoms with Crippen LogP contribution in [0.5, 0.6) is 5.75 Å². The van der Waals surface area contributed by atoms with Gasteiger partial charge >= 0.3 is 0 Å². The van der Waals surface area contributed by atoms with E-state index in [4.69, 9.17) is 32.7 Å². The number of anilines is 1. The molecular weight excluding hydrogens is 505 g/mol. The Morgan fingerprint density at radius 1 is 0.833 bits per heavy atom. The van der Waals surface area contributed by atoms with Gasteiger partial charge in [0.05, 0.1) is 24.6 Å². The summed E-state index contributed by atoms with van der Waals surface area (Å²) in [6, 6.07) is 17.3. The normalized spacial score (nSPS) is 24.0. The van der Waals surface area contributed by atoms with Gasteiger partial charge in [-0.3, -0.25) is 19.2 Å². The highest BCUT2D eigenvalue weighted by Gasteiger charge is 2.75. The van der Waals surface area contributed by atoms with E-state index in [-0.39, 0.29) is 16.8 Å². The van der Waals surface area contributed by atoms with Crippen LogP contribution < -0.4 is 9.64 Å². The van der Waals surface area contributed by atoms with Gasteiger partial charge in [-0.15, -0.1) is 0 Å². The fraction of sp³-hybridized carbons (Fsp3) is 0.185. The zero-order chi connectivity index (χ0) is 25.4. The molecule has 0 aromatic heterocycles. The Morgan fingerprint density at radius 3 is 2.06 bits per heavy atom. The standard InChI is InChI=1S/C27H17Cl2NO6/c1-35-19-11-8-14(29)12-18(19)22-20-21(26(34)30(25(20)33)15-9-6-13(28)7-10-15)27(36-22)23(31)16-4-2-3-5-17(16)24(27)32/h2-12,20-22H,1H3/t20-,21+,22-/m0/s1. The van der Waals surface area contributed by atoms with Gasteiger partial charge in [0.2, 0.25) is 29.0 Å². The predicted octanol–water partition coefficient (Wildman–Crippen LogP) is 4.70. The second-order valence-electron chi connectivity index (χ2n) is 8.86. The summed E-state index contributed by atoms with van der Waals surface area (Å²) in [5.74, 6) is -4.75. The lowest BCUT2D eigenvalue weighted by Gasteiger charge is -2.27. The zero-order valence-electron chi connectivity index (χ0n) is 18.7. The summed E-state index contributed by atoms with van der Waals surface area (Å²) >= 11 is 12.3. The van der Waals surface area contributed by atoms with Crippen LogP contribution in [0.4, 0.5) is 5.69 Å². The van der Waals surface area contributed by atoms with E-state index in [9.17, 15) is 19.2 Å². The molecule has 3 aromatic rings. The van der Waals surface area contributed by atoms with Crippen molar-refractivity contribution in [3.63, 3.8) is 0 Å². The van der Waals surface area contributed by atoms with Crippen molar-refractivity contribution in [1.82, 2.24) is 0 Å². The first-order valence-electron chi connectivity index (χ1n) is 11.1. The smallest absolute Gasteiger partial charge is 0.241 e. The first kappa shape index (κ1) is 22.9. The molecule has 2 amide bonds. The van der Waals surface area contributed by atoms with E-state index < -0.39 is 46.9 Å². The van der Waals surface area contributed by atoms with Crippen LogP contribution in [0.15, 0.2) is 66.7 Å². The first-order valence-corrected chi connectivity index (χ1v) is 11.9. The topological polar surface area (TPSA) is 90.0 Å². The number of nitrogens with zero attached hydrogens (tertiary/aromatic N) is 1. The van der Waals surface area contributed by atoms with Gasteiger partial charge in [0.15, 0.2) is 0 Å². The van der Waals surface area contributed by atoms with E-state index in [2.05, 4.69) is 0 Å². The van der Waals surface area contributed by atoms with Gasteiger partial charge in [-0.2, -0.15) is 0 Å². The van der Waals surface area contributed by atoms with Crippen molar-refractivity contribution >= 4 is 52.3 Å². The number of carbonyl (C=O) groups is 4. The maximum atomic E-state index is 13.9. The van der Waals surface area contributed by atoms with Crippen LogP contribution >= 0.6 is 23.2 Å². The molecule has 1 aliphatic carbocycles. The highest BCUT2D eigenvalue weighted by Crippen LogP contribution is 2.58. The molecule has 180 valence electrons. The zero-order valence-corrected chi connectivity index (χ0v) is 20.2. The molecule has 7 nitrogen and oxygen atoms in total. The van der Waals surface area contributed by atoms with Crippen molar-refractivity contribution in [3.8, 4) is 5.75 Å². The highest BCUT2D eigenvalue weighted by molar-refractivity contribution is 6.37. The molecule has 2 saturated heterocycles. The van der Waals surface area contributed by atoms with Gasteiger partial charge < -0.3 is 9.47 Å². The first-order chi connectivity index (χ1) is 17.3. The third kappa shape index (κ3) is 2.91. The largest absolute Gasteiger partial charge is 0.496 e. The van der Waals surface area contributed by atoms with Crippen molar-refractivity contribution < 1.29 is 28.7 Å². The molecule has 3 aromatic carbocycles. The Labute approximate surface area is 215 Å². The summed E-state index contributed by atoms with van der Waals surface area (Å²) in [4.78, 5) is 56.4. The molecule has 6 rings (SSSR count). The molecule has 0 N–H and O–H groups in total. The van der Waals surface area contributed by atoms with E-state index in [0.717, 1.165) is 4.90 Å². The minimum atomic E-state index is -2.18. The van der Waals surface area contributed by atoms with Crippen LogP contribution in [0.1, 0.15) is 32.4 Å². The Morgan fingerprint density at radius 2 is 1.44 bits per heavy atom. The number of benzene rings is 3. The van der Waals surface area contributed by atoms with Crippen molar-refractivity contribution in [1.29, 1.82) is 0 Å². The molecule has 2 fully saturated rings. The van der Waals surface area contributed by atoms with Gasteiger partial charge in [-0.05, 0) is 42.5 Å². The Hall–Kier alpha value is -3.52. The minimum absolute atomic E-state index is 0.158. The monoisotopic (exact) mass is 521 g/mol. The molecule has 3 aliphatic rings. The Bertz CT molecular complexity index is 1450. The van der Waals surface area contributed by atoms with Gasteiger partial charge in [-0.25, -0.2) is 4.90 Å². The molecule has 3 atom stereocenters. The Kier molecular flexibility index (Phi) is 5.09. The number of fused-ring (bicyclic) bond motifs is 3. The lowest BCUT2D eigenvalue weighted by atomic mass is 9.77. The van der Waals surface area contributed by atoms with Crippen LogP contribution in [-0.4, -0.2) is 36.1 Å². The van der Waals surface area contributed by atoms with Crippen LogP contribution in [0.3, 0.4) is 0 Å². The summed E-state index contributed by atoms with van der Waals surface area (Å²) < 4.78 is 11.8. The number of halogens is 2. The lowest BCUT2D eigenvalue weighted by molar-refractivity contribution is -0.127. The van der Waals surface area contributed by atoms with Crippen LogP contribution in [0, 0.1) is 11.8 Å². The number of amides is 2. The second kappa shape index (κ2) is 8.00. The fourth-order valence-electron chi connectivity index (χ4n) is 5.57. The summed E-state index contributed by atoms with van der Waals surface area (Å²) in [7, 11) is 1.44. The average molecular weight is 522 g/mol. The number of hydrogen-bond donors (Lipinski definition) is 0. The predicted molar refractivity (Wildman–Crippen MR) is 131 cm³/mol. The number of ketones is 2. The molecule has 0 unspecified atom stereocenters. The minimum Gasteiger partial charge on any atom is -0.496 e. The third-order valence-corrected chi connectivity index (χ3v) is 7.59. The van der Waals surface area contributed by atoms with Crippen molar-refractivity contribution in [2.75, 3.05) is 12.0 Å². The number of Topliss-reactive ketones (excluding diaryl/α,β-unsaturated/α-hetero) is 2. The summed E-state index contributed by atoms with van der Waals surface area (Å²) in [6.07, 6.45) is -1.14. The van der Waals surface area contributed by atoms with Crippen LogP contribution in [0.2, 0.25) is 10.0 Å². The number of rotatable bonds is 3. The number of carbonyl (C=O) groups excluding carboxylic acids is 4. The van der Waals surface area contributed by atoms with E-state index in [1.165, 1.54) is 31.4 Å². The van der Waals surface area contributed by atoms with Crippen molar-refractivity contribution in [2.45, 2.75) is 11.7 Å². The molecule has 0 saturated carbocycles. The summed E-state index contributed by atoms with van der Waals surface area (Å²) in [5.41, 5.74) is -1.21. The van der Waals surface area contributed by atoms with Crippen LogP contribution in [0.25, 0.3) is 0 Å². The van der Waals surface area contributed by atoms with Gasteiger partial charge in [0.1, 0.15) is 11.9 Å². The van der Waals surface area contributed by atoms with Gasteiger partial charge in [-0.1, -0.05) is 47.5 Å². The summed E-state index contributed by atoms with van der Waals surface area (Å²) in [5, 5.41) is 0.765. The highest BCUT2D eigenvalue weighted by atomic mass is 35.5. The van der Waals surface area contributed by atoms with Crippen molar-refractivity contribution in [3.05, 3.63) is 93.5 Å². The van der Waals surface area contributed by atoms with Gasteiger partial charge in [0, 0.05) is 26.7 Å². The lowest BCUT2D eigenvalue weighted by Crippen LogP contribution is -2.51. The maximum absolute atomic E-state index is 13.9. The number of methoxy groups -OCH3 is 1. The van der Waals surface area contributed by atoms with Crippen LogP contribution in [-0.2, 0) is 14.3 Å². The molecule has 2 aliphatic heterocycles. The Balaban J connectivity index is 1.57. The van der Waals surface area contributed by atoms with Gasteiger partial charge in [0.25, 0.3) is 0 Å². The molecule has 1 spiro atoms. The number of ether oxygens (including phenoxy) is 2. The molecule has 9 heteroatoms. The molecule has 36 heavy (non-hydrogen) atoms. The third-order valence-electron chi connectivity index (χ3n) is 7.10.